The van der Waals surface area contributed by atoms with Gasteiger partial charge in [0, 0.05) is 11.6 Å². The Morgan fingerprint density at radius 2 is 1.93 bits per heavy atom. The maximum Gasteiger partial charge on any atom is 0.325 e. The van der Waals surface area contributed by atoms with E-state index in [0.717, 1.165) is 5.56 Å². The van der Waals surface area contributed by atoms with Gasteiger partial charge >= 0.3 is 5.97 Å². The Kier molecular flexibility index (Phi) is 6.63. The summed E-state index contributed by atoms with van der Waals surface area (Å²) >= 11 is 0. The average Bonchev–Trinajstić information content (AvgIpc) is 3.24. The topological polar surface area (TPSA) is 113 Å². The van der Waals surface area contributed by atoms with Crippen LogP contribution >= 0.6 is 0 Å². The fraction of sp³-hybridized carbons (Fsp3) is 0.238. The van der Waals surface area contributed by atoms with Crippen LogP contribution in [-0.4, -0.2) is 42.8 Å². The van der Waals surface area contributed by atoms with E-state index in [0.29, 0.717) is 22.6 Å². The van der Waals surface area contributed by atoms with E-state index in [1.165, 1.54) is 7.11 Å². The standard InChI is InChI=1S/C21H21N3O6/c1-13-5-4-6-14(9-13)21(26)22-11-19(25)29-12-18-23-20(24-30-18)16-8-7-15(27-2)10-17(16)28-3/h4-10H,11-12H2,1-3H3,(H,22,26). The molecule has 0 aliphatic heterocycles. The summed E-state index contributed by atoms with van der Waals surface area (Å²) < 4.78 is 20.7. The molecule has 3 aromatic rings. The Hall–Kier alpha value is -3.88. The van der Waals surface area contributed by atoms with E-state index in [4.69, 9.17) is 18.7 Å². The van der Waals surface area contributed by atoms with E-state index in [2.05, 4.69) is 15.5 Å². The third-order valence-corrected chi connectivity index (χ3v) is 4.15. The molecule has 0 fully saturated rings. The zero-order valence-corrected chi connectivity index (χ0v) is 16.8. The Labute approximate surface area is 172 Å². The van der Waals surface area contributed by atoms with Crippen molar-refractivity contribution in [3.63, 3.8) is 0 Å². The van der Waals surface area contributed by atoms with Gasteiger partial charge in [0.05, 0.1) is 19.8 Å². The van der Waals surface area contributed by atoms with Crippen LogP contribution in [0.3, 0.4) is 0 Å². The highest BCUT2D eigenvalue weighted by Crippen LogP contribution is 2.31. The molecule has 9 nitrogen and oxygen atoms in total. The number of carbonyl (C=O) groups is 2. The van der Waals surface area contributed by atoms with Crippen molar-refractivity contribution in [1.82, 2.24) is 15.5 Å². The Morgan fingerprint density at radius 3 is 2.67 bits per heavy atom. The highest BCUT2D eigenvalue weighted by atomic mass is 16.6. The fourth-order valence-corrected chi connectivity index (χ4v) is 2.64. The van der Waals surface area contributed by atoms with Crippen molar-refractivity contribution in [2.75, 3.05) is 20.8 Å². The van der Waals surface area contributed by atoms with Gasteiger partial charge in [-0.3, -0.25) is 9.59 Å². The number of aromatic nitrogens is 2. The Bertz CT molecular complexity index is 1050. The number of nitrogens with one attached hydrogen (secondary N) is 1. The number of esters is 1. The zero-order valence-electron chi connectivity index (χ0n) is 16.8. The number of hydrogen-bond donors (Lipinski definition) is 1. The first-order chi connectivity index (χ1) is 14.5. The number of amides is 1. The Balaban J connectivity index is 1.54. The highest BCUT2D eigenvalue weighted by molar-refractivity contribution is 5.96. The van der Waals surface area contributed by atoms with Gasteiger partial charge in [-0.25, -0.2) is 0 Å². The van der Waals surface area contributed by atoms with Crippen molar-refractivity contribution in [3.8, 4) is 22.9 Å². The quantitative estimate of drug-likeness (QED) is 0.563. The molecule has 9 heteroatoms. The summed E-state index contributed by atoms with van der Waals surface area (Å²) in [7, 11) is 3.07. The molecule has 0 unspecified atom stereocenters. The molecule has 0 aliphatic rings. The van der Waals surface area contributed by atoms with Crippen LogP contribution in [0.2, 0.25) is 0 Å². The fourth-order valence-electron chi connectivity index (χ4n) is 2.64. The lowest BCUT2D eigenvalue weighted by Gasteiger charge is -2.07. The minimum Gasteiger partial charge on any atom is -0.497 e. The molecule has 0 spiro atoms. The van der Waals surface area contributed by atoms with Crippen molar-refractivity contribution in [3.05, 3.63) is 59.5 Å². The zero-order chi connectivity index (χ0) is 21.5. The van der Waals surface area contributed by atoms with Crippen molar-refractivity contribution in [2.45, 2.75) is 13.5 Å². The minimum atomic E-state index is -0.627. The van der Waals surface area contributed by atoms with Gasteiger partial charge in [0.25, 0.3) is 11.8 Å². The molecule has 1 N–H and O–H groups in total. The number of hydrogen-bond acceptors (Lipinski definition) is 8. The molecule has 3 rings (SSSR count). The summed E-state index contributed by atoms with van der Waals surface area (Å²) in [5.74, 6) is 0.549. The number of rotatable bonds is 8. The smallest absolute Gasteiger partial charge is 0.325 e. The number of benzene rings is 2. The first-order valence-electron chi connectivity index (χ1n) is 9.05. The molecule has 0 radical (unpaired) electrons. The van der Waals surface area contributed by atoms with Gasteiger partial charge in [-0.2, -0.15) is 4.98 Å². The van der Waals surface area contributed by atoms with Crippen LogP contribution in [0.4, 0.5) is 0 Å². The van der Waals surface area contributed by atoms with E-state index in [1.807, 2.05) is 13.0 Å². The lowest BCUT2D eigenvalue weighted by molar-refractivity contribution is -0.144. The molecular formula is C21H21N3O6. The molecule has 0 bridgehead atoms. The van der Waals surface area contributed by atoms with E-state index < -0.39 is 5.97 Å². The monoisotopic (exact) mass is 411 g/mol. The van der Waals surface area contributed by atoms with Crippen LogP contribution in [-0.2, 0) is 16.1 Å². The van der Waals surface area contributed by atoms with Crippen LogP contribution < -0.4 is 14.8 Å². The lowest BCUT2D eigenvalue weighted by Crippen LogP contribution is -2.30. The second-order valence-electron chi connectivity index (χ2n) is 6.29. The second kappa shape index (κ2) is 9.55. The number of carbonyl (C=O) groups excluding carboxylic acids is 2. The first-order valence-corrected chi connectivity index (χ1v) is 9.05. The molecule has 0 saturated carbocycles. The summed E-state index contributed by atoms with van der Waals surface area (Å²) in [6.07, 6.45) is 0. The van der Waals surface area contributed by atoms with Gasteiger partial charge < -0.3 is 24.1 Å². The summed E-state index contributed by atoms with van der Waals surface area (Å²) in [5, 5.41) is 6.39. The van der Waals surface area contributed by atoms with Crippen LogP contribution in [0, 0.1) is 6.92 Å². The molecule has 1 aromatic heterocycles. The molecule has 1 heterocycles. The minimum absolute atomic E-state index is 0.112. The maximum atomic E-state index is 12.1. The molecule has 0 saturated heterocycles. The number of methoxy groups -OCH3 is 2. The molecule has 0 aliphatic carbocycles. The second-order valence-corrected chi connectivity index (χ2v) is 6.29. The number of ether oxygens (including phenoxy) is 3. The molecule has 2 aromatic carbocycles. The third kappa shape index (κ3) is 5.13. The SMILES string of the molecule is COc1ccc(-c2noc(COC(=O)CNC(=O)c3cccc(C)c3)n2)c(OC)c1. The Morgan fingerprint density at radius 1 is 1.10 bits per heavy atom. The summed E-state index contributed by atoms with van der Waals surface area (Å²) in [6.45, 7) is 1.38. The van der Waals surface area contributed by atoms with E-state index in [-0.39, 0.29) is 30.8 Å². The number of aryl methyl sites for hydroxylation is 1. The van der Waals surface area contributed by atoms with Crippen LogP contribution in [0.1, 0.15) is 21.8 Å². The molecule has 156 valence electrons. The maximum absolute atomic E-state index is 12.1. The van der Waals surface area contributed by atoms with Gasteiger partial charge in [-0.1, -0.05) is 22.9 Å². The first kappa shape index (κ1) is 20.8. The summed E-state index contributed by atoms with van der Waals surface area (Å²) in [4.78, 5) is 28.2. The van der Waals surface area contributed by atoms with Gasteiger partial charge in [-0.15, -0.1) is 0 Å². The molecule has 0 atom stereocenters. The average molecular weight is 411 g/mol. The summed E-state index contributed by atoms with van der Waals surface area (Å²) in [6, 6.07) is 12.2. The lowest BCUT2D eigenvalue weighted by atomic mass is 10.1. The van der Waals surface area contributed by atoms with Crippen molar-refractivity contribution < 1.29 is 28.3 Å². The van der Waals surface area contributed by atoms with Crippen molar-refractivity contribution in [1.29, 1.82) is 0 Å². The van der Waals surface area contributed by atoms with E-state index in [9.17, 15) is 9.59 Å². The van der Waals surface area contributed by atoms with E-state index in [1.54, 1.807) is 43.5 Å². The molecule has 1 amide bonds. The van der Waals surface area contributed by atoms with Crippen LogP contribution in [0.15, 0.2) is 47.0 Å². The number of nitrogens with zero attached hydrogens (tertiary/aromatic N) is 2. The van der Waals surface area contributed by atoms with E-state index >= 15 is 0 Å². The predicted molar refractivity (Wildman–Crippen MR) is 106 cm³/mol. The molecule has 30 heavy (non-hydrogen) atoms. The highest BCUT2D eigenvalue weighted by Gasteiger charge is 2.16. The van der Waals surface area contributed by atoms with Crippen molar-refractivity contribution in [2.24, 2.45) is 0 Å². The van der Waals surface area contributed by atoms with Gasteiger partial charge in [-0.05, 0) is 31.2 Å². The summed E-state index contributed by atoms with van der Waals surface area (Å²) in [5.41, 5.74) is 2.02. The normalized spacial score (nSPS) is 10.4. The molecular weight excluding hydrogens is 390 g/mol. The van der Waals surface area contributed by atoms with Gasteiger partial charge in [0.2, 0.25) is 5.82 Å². The van der Waals surface area contributed by atoms with Gasteiger partial charge in [0.15, 0.2) is 6.61 Å². The van der Waals surface area contributed by atoms with Crippen LogP contribution in [0.5, 0.6) is 11.5 Å². The largest absolute Gasteiger partial charge is 0.497 e. The van der Waals surface area contributed by atoms with Crippen molar-refractivity contribution >= 4 is 11.9 Å². The predicted octanol–water partition coefficient (Wildman–Crippen LogP) is 2.54. The van der Waals surface area contributed by atoms with Gasteiger partial charge in [0.1, 0.15) is 18.0 Å². The van der Waals surface area contributed by atoms with Crippen LogP contribution in [0.25, 0.3) is 11.4 Å². The third-order valence-electron chi connectivity index (χ3n) is 4.15.